The monoisotopic (exact) mass is 538 g/mol. The summed E-state index contributed by atoms with van der Waals surface area (Å²) < 4.78 is 21.5. The fourth-order valence-electron chi connectivity index (χ4n) is 4.64. The predicted octanol–water partition coefficient (Wildman–Crippen LogP) is 2.93. The average Bonchev–Trinajstić information content (AvgIpc) is 3.68. The van der Waals surface area contributed by atoms with Gasteiger partial charge in [0.1, 0.15) is 5.82 Å². The van der Waals surface area contributed by atoms with Crippen molar-refractivity contribution in [1.82, 2.24) is 9.47 Å². The van der Waals surface area contributed by atoms with Crippen molar-refractivity contribution < 1.29 is 23.5 Å². The van der Waals surface area contributed by atoms with E-state index in [4.69, 9.17) is 16.3 Å². The van der Waals surface area contributed by atoms with Crippen LogP contribution in [0.1, 0.15) is 0 Å². The van der Waals surface area contributed by atoms with Crippen molar-refractivity contribution in [3.63, 3.8) is 0 Å². The molecule has 0 spiro atoms. The lowest BCUT2D eigenvalue weighted by atomic mass is 10.2. The van der Waals surface area contributed by atoms with Crippen LogP contribution >= 0.6 is 11.6 Å². The van der Waals surface area contributed by atoms with Crippen LogP contribution in [0.3, 0.4) is 0 Å². The highest BCUT2D eigenvalue weighted by molar-refractivity contribution is 6.30. The second-order valence-electron chi connectivity index (χ2n) is 9.07. The molecule has 9 nitrogen and oxygen atoms in total. The van der Waals surface area contributed by atoms with E-state index < -0.39 is 35.4 Å². The highest BCUT2D eigenvalue weighted by Crippen LogP contribution is 2.49. The Morgan fingerprint density at radius 3 is 2.24 bits per heavy atom. The third-order valence-corrected chi connectivity index (χ3v) is 6.91. The first-order valence-electron chi connectivity index (χ1n) is 12.0. The van der Waals surface area contributed by atoms with Crippen molar-refractivity contribution in [3.05, 3.63) is 88.1 Å². The van der Waals surface area contributed by atoms with Crippen LogP contribution in [0, 0.1) is 23.6 Å². The number of hydrogen-bond donors (Lipinski definition) is 2. The Labute approximate surface area is 222 Å². The number of halogens is 2. The van der Waals surface area contributed by atoms with E-state index >= 15 is 0 Å². The molecule has 2 N–H and O–H groups in total. The summed E-state index contributed by atoms with van der Waals surface area (Å²) in [6, 6.07) is 15.0. The fraction of sp³-hybridized carbons (Fsp3) is 0.259. The second kappa shape index (κ2) is 10.8. The third-order valence-electron chi connectivity index (χ3n) is 6.66. The summed E-state index contributed by atoms with van der Waals surface area (Å²) in [5.74, 6) is -4.99. The molecule has 38 heavy (non-hydrogen) atoms. The van der Waals surface area contributed by atoms with E-state index in [-0.39, 0.29) is 22.8 Å². The van der Waals surface area contributed by atoms with Gasteiger partial charge < -0.3 is 20.3 Å². The van der Waals surface area contributed by atoms with E-state index in [0.717, 1.165) is 6.07 Å². The van der Waals surface area contributed by atoms with Gasteiger partial charge in [-0.15, -0.1) is 0 Å². The number of pyridine rings is 1. The first kappa shape index (κ1) is 25.6. The molecule has 0 bridgehead atoms. The summed E-state index contributed by atoms with van der Waals surface area (Å²) in [5, 5.41) is 5.74. The van der Waals surface area contributed by atoms with Crippen LogP contribution in [-0.4, -0.2) is 53.5 Å². The maximum Gasteiger partial charge on any atom is 0.255 e. The number of hydrogen-bond acceptors (Lipinski definition) is 5. The molecule has 1 saturated heterocycles. The van der Waals surface area contributed by atoms with Gasteiger partial charge in [-0.2, -0.15) is 0 Å². The smallest absolute Gasteiger partial charge is 0.255 e. The number of carbonyl (C=O) groups is 3. The molecule has 2 aliphatic rings. The lowest BCUT2D eigenvalue weighted by Gasteiger charge is -2.27. The summed E-state index contributed by atoms with van der Waals surface area (Å²) in [6.07, 6.45) is 1.51. The van der Waals surface area contributed by atoms with Crippen LogP contribution in [0.15, 0.2) is 71.7 Å². The maximum atomic E-state index is 14.9. The van der Waals surface area contributed by atoms with Crippen molar-refractivity contribution in [3.8, 4) is 5.69 Å². The summed E-state index contributed by atoms with van der Waals surface area (Å²) in [6.45, 7) is 1.48. The van der Waals surface area contributed by atoms with Crippen molar-refractivity contribution in [2.45, 2.75) is 0 Å². The Bertz CT molecular complexity index is 1440. The van der Waals surface area contributed by atoms with E-state index in [9.17, 15) is 23.6 Å². The molecule has 1 aromatic heterocycles. The van der Waals surface area contributed by atoms with E-state index in [0.29, 0.717) is 37.0 Å². The molecule has 0 unspecified atom stereocenters. The molecule has 0 radical (unpaired) electrons. The number of aromatic nitrogens is 1. The zero-order chi connectivity index (χ0) is 26.8. The van der Waals surface area contributed by atoms with Gasteiger partial charge in [0.15, 0.2) is 0 Å². The van der Waals surface area contributed by atoms with Crippen LogP contribution in [-0.2, 0) is 19.1 Å². The molecule has 3 amide bonds. The molecular formula is C27H24ClFN4O5. The van der Waals surface area contributed by atoms with E-state index in [1.807, 2.05) is 0 Å². The zero-order valence-electron chi connectivity index (χ0n) is 20.1. The largest absolute Gasteiger partial charge is 0.378 e. The number of ether oxygens (including phenoxy) is 1. The molecule has 1 aliphatic heterocycles. The Morgan fingerprint density at radius 2 is 1.58 bits per heavy atom. The SMILES string of the molecule is O=C(Nc1ccc(Cl)cc1)[C@@H]1[C@H](C(=O)Nc2ccc(-n3ccccc3=O)cc2F)[C@H]1C(=O)N1CCOCC1. The Hall–Kier alpha value is -4.02. The Morgan fingerprint density at radius 1 is 0.895 bits per heavy atom. The van der Waals surface area contributed by atoms with Crippen molar-refractivity contribution in [2.24, 2.45) is 17.8 Å². The quantitative estimate of drug-likeness (QED) is 0.501. The number of carbonyl (C=O) groups excluding carboxylic acids is 3. The number of amides is 3. The lowest BCUT2D eigenvalue weighted by Crippen LogP contribution is -2.42. The predicted molar refractivity (Wildman–Crippen MR) is 139 cm³/mol. The van der Waals surface area contributed by atoms with Gasteiger partial charge >= 0.3 is 0 Å². The van der Waals surface area contributed by atoms with Crippen LogP contribution in [0.25, 0.3) is 5.69 Å². The van der Waals surface area contributed by atoms with E-state index in [2.05, 4.69) is 10.6 Å². The highest BCUT2D eigenvalue weighted by atomic mass is 35.5. The molecule has 2 aromatic carbocycles. The minimum Gasteiger partial charge on any atom is -0.378 e. The molecule has 2 fully saturated rings. The Kier molecular flexibility index (Phi) is 7.26. The summed E-state index contributed by atoms with van der Waals surface area (Å²) in [7, 11) is 0. The summed E-state index contributed by atoms with van der Waals surface area (Å²) in [4.78, 5) is 53.2. The average molecular weight is 539 g/mol. The van der Waals surface area contributed by atoms with E-state index in [1.54, 1.807) is 41.3 Å². The van der Waals surface area contributed by atoms with Gasteiger partial charge in [-0.1, -0.05) is 17.7 Å². The van der Waals surface area contributed by atoms with Gasteiger partial charge in [-0.05, 0) is 42.5 Å². The maximum absolute atomic E-state index is 14.9. The summed E-state index contributed by atoms with van der Waals surface area (Å²) in [5.41, 5.74) is 0.309. The summed E-state index contributed by atoms with van der Waals surface area (Å²) >= 11 is 5.91. The van der Waals surface area contributed by atoms with Crippen molar-refractivity contribution in [1.29, 1.82) is 0 Å². The van der Waals surface area contributed by atoms with Gasteiger partial charge in [0.2, 0.25) is 17.7 Å². The molecule has 11 heteroatoms. The molecule has 3 aromatic rings. The Balaban J connectivity index is 1.34. The first-order valence-corrected chi connectivity index (χ1v) is 12.4. The molecule has 1 aliphatic carbocycles. The number of nitrogens with zero attached hydrogens (tertiary/aromatic N) is 2. The van der Waals surface area contributed by atoms with Gasteiger partial charge in [0.25, 0.3) is 5.56 Å². The number of benzene rings is 2. The molecule has 196 valence electrons. The molecular weight excluding hydrogens is 515 g/mol. The highest BCUT2D eigenvalue weighted by Gasteiger charge is 2.63. The minimum atomic E-state index is -0.978. The zero-order valence-corrected chi connectivity index (χ0v) is 20.9. The van der Waals surface area contributed by atoms with Crippen LogP contribution in [0.2, 0.25) is 5.02 Å². The van der Waals surface area contributed by atoms with Gasteiger partial charge in [-0.3, -0.25) is 23.7 Å². The molecule has 3 atom stereocenters. The topological polar surface area (TPSA) is 110 Å². The van der Waals surface area contributed by atoms with Crippen LogP contribution in [0.4, 0.5) is 15.8 Å². The lowest BCUT2D eigenvalue weighted by molar-refractivity contribution is -0.138. The van der Waals surface area contributed by atoms with Crippen LogP contribution < -0.4 is 16.2 Å². The van der Waals surface area contributed by atoms with Crippen LogP contribution in [0.5, 0.6) is 0 Å². The number of nitrogens with one attached hydrogen (secondary N) is 2. The normalized spacial score (nSPS) is 20.5. The third kappa shape index (κ3) is 5.32. The molecule has 2 heterocycles. The number of anilines is 2. The fourth-order valence-corrected chi connectivity index (χ4v) is 4.76. The standard InChI is InChI=1S/C27H24ClFN4O5/c28-16-4-6-17(7-5-16)30-25(35)22-23(24(22)27(37)32-11-13-38-14-12-32)26(36)31-20-9-8-18(15-19(20)29)33-10-2-1-3-21(33)34/h1-10,15,22-24H,11-14H2,(H,30,35)(H,31,36)/t22-,23+,24+/m1/s1. The second-order valence-corrected chi connectivity index (χ2v) is 9.51. The van der Waals surface area contributed by atoms with Crippen molar-refractivity contribution >= 4 is 40.7 Å². The van der Waals surface area contributed by atoms with E-state index in [1.165, 1.54) is 29.0 Å². The molecule has 5 rings (SSSR count). The first-order chi connectivity index (χ1) is 18.3. The minimum absolute atomic E-state index is 0.121. The van der Waals surface area contributed by atoms with Gasteiger partial charge in [0, 0.05) is 42.1 Å². The number of morpholine rings is 1. The molecule has 1 saturated carbocycles. The number of rotatable bonds is 6. The van der Waals surface area contributed by atoms with Gasteiger partial charge in [0.05, 0.1) is 42.3 Å². The van der Waals surface area contributed by atoms with Gasteiger partial charge in [-0.25, -0.2) is 4.39 Å². The van der Waals surface area contributed by atoms with Crippen molar-refractivity contribution in [2.75, 3.05) is 36.9 Å².